The first kappa shape index (κ1) is 23.0. The third kappa shape index (κ3) is 4.72. The van der Waals surface area contributed by atoms with Crippen molar-refractivity contribution in [3.63, 3.8) is 0 Å². The lowest BCUT2D eigenvalue weighted by molar-refractivity contribution is 0.122. The second-order valence-electron chi connectivity index (χ2n) is 7.96. The van der Waals surface area contributed by atoms with E-state index in [2.05, 4.69) is 4.98 Å². The van der Waals surface area contributed by atoms with Gasteiger partial charge in [0.25, 0.3) is 0 Å². The molecule has 2 aliphatic rings. The van der Waals surface area contributed by atoms with Crippen LogP contribution in [0.25, 0.3) is 0 Å². The van der Waals surface area contributed by atoms with Crippen LogP contribution in [0.4, 0.5) is 10.3 Å². The summed E-state index contributed by atoms with van der Waals surface area (Å²) in [6.45, 7) is 2.73. The topological polar surface area (TPSA) is 84.9 Å². The number of rotatable bonds is 5. The fourth-order valence-electron chi connectivity index (χ4n) is 3.93. The SMILES string of the molecule is O=S(=O)(c1cccc(Cl)c1)N1CCc2nc(N3CCOCC3)nc(Oc3ccc(F)cc3)c2C1. The van der Waals surface area contributed by atoms with Gasteiger partial charge >= 0.3 is 0 Å². The maximum atomic E-state index is 13.4. The summed E-state index contributed by atoms with van der Waals surface area (Å²) in [6.07, 6.45) is 0.398. The fourth-order valence-corrected chi connectivity index (χ4v) is 5.64. The van der Waals surface area contributed by atoms with Crippen molar-refractivity contribution in [3.8, 4) is 11.6 Å². The molecule has 0 amide bonds. The largest absolute Gasteiger partial charge is 0.438 e. The second kappa shape index (κ2) is 9.46. The predicted octanol–water partition coefficient (Wildman–Crippen LogP) is 3.65. The normalized spacial score (nSPS) is 16.8. The Labute approximate surface area is 202 Å². The van der Waals surface area contributed by atoms with E-state index < -0.39 is 10.0 Å². The van der Waals surface area contributed by atoms with E-state index in [4.69, 9.17) is 26.1 Å². The third-order valence-corrected chi connectivity index (χ3v) is 7.81. The zero-order chi connectivity index (χ0) is 23.7. The summed E-state index contributed by atoms with van der Waals surface area (Å²) >= 11 is 6.03. The molecule has 34 heavy (non-hydrogen) atoms. The summed E-state index contributed by atoms with van der Waals surface area (Å²) in [5, 5.41) is 0.345. The number of fused-ring (bicyclic) bond motifs is 1. The Bertz CT molecular complexity index is 1300. The molecule has 3 heterocycles. The molecule has 2 aromatic carbocycles. The summed E-state index contributed by atoms with van der Waals surface area (Å²) in [7, 11) is -3.79. The van der Waals surface area contributed by atoms with E-state index >= 15 is 0 Å². The molecule has 178 valence electrons. The van der Waals surface area contributed by atoms with E-state index in [1.165, 1.54) is 40.7 Å². The van der Waals surface area contributed by atoms with Gasteiger partial charge in [-0.15, -0.1) is 0 Å². The Kier molecular flexibility index (Phi) is 6.39. The highest BCUT2D eigenvalue weighted by Crippen LogP contribution is 2.34. The zero-order valence-electron chi connectivity index (χ0n) is 18.2. The molecule has 0 spiro atoms. The quantitative estimate of drug-likeness (QED) is 0.524. The fraction of sp³-hybridized carbons (Fsp3) is 0.304. The van der Waals surface area contributed by atoms with E-state index in [-0.39, 0.29) is 29.7 Å². The number of benzene rings is 2. The number of morpholine rings is 1. The van der Waals surface area contributed by atoms with E-state index in [0.717, 1.165) is 5.69 Å². The summed E-state index contributed by atoms with van der Waals surface area (Å²) in [5.74, 6) is 0.768. The Hall–Kier alpha value is -2.79. The maximum Gasteiger partial charge on any atom is 0.243 e. The minimum absolute atomic E-state index is 0.0457. The molecule has 1 fully saturated rings. The average Bonchev–Trinajstić information content (AvgIpc) is 2.85. The molecular formula is C23H22ClFN4O4S. The van der Waals surface area contributed by atoms with Crippen molar-refractivity contribution in [2.75, 3.05) is 37.7 Å². The Balaban J connectivity index is 1.52. The van der Waals surface area contributed by atoms with Crippen molar-refractivity contribution in [2.45, 2.75) is 17.9 Å². The number of halogens is 2. The Morgan fingerprint density at radius 1 is 1.03 bits per heavy atom. The van der Waals surface area contributed by atoms with Crippen LogP contribution in [-0.2, 0) is 27.7 Å². The highest BCUT2D eigenvalue weighted by Gasteiger charge is 2.32. The molecule has 0 atom stereocenters. The number of sulfonamides is 1. The minimum Gasteiger partial charge on any atom is -0.438 e. The lowest BCUT2D eigenvalue weighted by atomic mass is 10.1. The number of nitrogens with zero attached hydrogens (tertiary/aromatic N) is 4. The van der Waals surface area contributed by atoms with Crippen LogP contribution in [0.15, 0.2) is 53.4 Å². The number of anilines is 1. The van der Waals surface area contributed by atoms with E-state index in [1.54, 1.807) is 12.1 Å². The van der Waals surface area contributed by atoms with Crippen molar-refractivity contribution in [2.24, 2.45) is 0 Å². The highest BCUT2D eigenvalue weighted by atomic mass is 35.5. The van der Waals surface area contributed by atoms with Crippen LogP contribution >= 0.6 is 11.6 Å². The molecule has 3 aromatic rings. The van der Waals surface area contributed by atoms with Crippen LogP contribution in [0.5, 0.6) is 11.6 Å². The van der Waals surface area contributed by atoms with Gasteiger partial charge in [-0.3, -0.25) is 0 Å². The molecule has 1 aromatic heterocycles. The molecule has 0 N–H and O–H groups in total. The van der Waals surface area contributed by atoms with E-state index in [1.807, 2.05) is 4.90 Å². The second-order valence-corrected chi connectivity index (χ2v) is 10.3. The molecule has 0 saturated carbocycles. The first-order valence-electron chi connectivity index (χ1n) is 10.8. The van der Waals surface area contributed by atoms with Crippen LogP contribution in [0.2, 0.25) is 5.02 Å². The van der Waals surface area contributed by atoms with Crippen molar-refractivity contribution < 1.29 is 22.3 Å². The Morgan fingerprint density at radius 2 is 1.79 bits per heavy atom. The lowest BCUT2D eigenvalue weighted by Crippen LogP contribution is -2.39. The minimum atomic E-state index is -3.79. The van der Waals surface area contributed by atoms with Gasteiger partial charge in [0.1, 0.15) is 11.6 Å². The van der Waals surface area contributed by atoms with Crippen LogP contribution in [0.1, 0.15) is 11.3 Å². The van der Waals surface area contributed by atoms with Crippen molar-refractivity contribution in [1.29, 1.82) is 0 Å². The molecule has 11 heteroatoms. The summed E-state index contributed by atoms with van der Waals surface area (Å²) < 4.78 is 52.8. The first-order valence-corrected chi connectivity index (χ1v) is 12.6. The molecule has 0 bridgehead atoms. The smallest absolute Gasteiger partial charge is 0.243 e. The monoisotopic (exact) mass is 504 g/mol. The molecule has 0 aliphatic carbocycles. The predicted molar refractivity (Wildman–Crippen MR) is 124 cm³/mol. The standard InChI is InChI=1S/C23H22ClFN4O4S/c24-16-2-1-3-19(14-16)34(30,31)29-9-8-21-20(15-29)22(33-18-6-4-17(25)5-7-18)27-23(26-21)28-10-12-32-13-11-28/h1-7,14H,8-13,15H2. The van der Waals surface area contributed by atoms with Gasteiger partial charge in [0.15, 0.2) is 0 Å². The number of aromatic nitrogens is 2. The van der Waals surface area contributed by atoms with Crippen LogP contribution < -0.4 is 9.64 Å². The van der Waals surface area contributed by atoms with Gasteiger partial charge in [0.2, 0.25) is 21.9 Å². The van der Waals surface area contributed by atoms with Gasteiger partial charge in [0, 0.05) is 37.6 Å². The van der Waals surface area contributed by atoms with E-state index in [0.29, 0.717) is 55.0 Å². The lowest BCUT2D eigenvalue weighted by Gasteiger charge is -2.31. The van der Waals surface area contributed by atoms with Crippen LogP contribution in [0, 0.1) is 5.82 Å². The average molecular weight is 505 g/mol. The van der Waals surface area contributed by atoms with Crippen molar-refractivity contribution in [1.82, 2.24) is 14.3 Å². The number of hydrogen-bond acceptors (Lipinski definition) is 7. The first-order chi connectivity index (χ1) is 16.4. The van der Waals surface area contributed by atoms with Crippen LogP contribution in [-0.4, -0.2) is 55.5 Å². The molecule has 0 unspecified atom stereocenters. The molecule has 5 rings (SSSR count). The molecular weight excluding hydrogens is 483 g/mol. The molecule has 1 saturated heterocycles. The van der Waals surface area contributed by atoms with E-state index in [9.17, 15) is 12.8 Å². The maximum absolute atomic E-state index is 13.4. The van der Waals surface area contributed by atoms with Gasteiger partial charge in [-0.25, -0.2) is 17.8 Å². The van der Waals surface area contributed by atoms with Gasteiger partial charge < -0.3 is 14.4 Å². The van der Waals surface area contributed by atoms with Gasteiger partial charge in [-0.05, 0) is 42.5 Å². The molecule has 2 aliphatic heterocycles. The summed E-state index contributed by atoms with van der Waals surface area (Å²) in [5.41, 5.74) is 1.31. The Morgan fingerprint density at radius 3 is 2.53 bits per heavy atom. The zero-order valence-corrected chi connectivity index (χ0v) is 19.7. The van der Waals surface area contributed by atoms with Gasteiger partial charge in [-0.1, -0.05) is 17.7 Å². The number of ether oxygens (including phenoxy) is 2. The summed E-state index contributed by atoms with van der Waals surface area (Å²) in [4.78, 5) is 11.5. The van der Waals surface area contributed by atoms with Crippen LogP contribution in [0.3, 0.4) is 0 Å². The van der Waals surface area contributed by atoms with Gasteiger partial charge in [0.05, 0.1) is 29.4 Å². The third-order valence-electron chi connectivity index (χ3n) is 5.73. The highest BCUT2D eigenvalue weighted by molar-refractivity contribution is 7.89. The van der Waals surface area contributed by atoms with Crippen molar-refractivity contribution in [3.05, 3.63) is 70.6 Å². The van der Waals surface area contributed by atoms with Gasteiger partial charge in [-0.2, -0.15) is 9.29 Å². The molecule has 0 radical (unpaired) electrons. The summed E-state index contributed by atoms with van der Waals surface area (Å²) in [6, 6.07) is 11.8. The number of hydrogen-bond donors (Lipinski definition) is 0. The van der Waals surface area contributed by atoms with Crippen molar-refractivity contribution >= 4 is 27.6 Å². The molecule has 8 nitrogen and oxygen atoms in total.